The van der Waals surface area contributed by atoms with Crippen molar-refractivity contribution in [3.8, 4) is 0 Å². The number of rotatable bonds is 9. The van der Waals surface area contributed by atoms with Crippen LogP contribution in [0.1, 0.15) is 49.3 Å². The summed E-state index contributed by atoms with van der Waals surface area (Å²) in [6.45, 7) is 5.00. The minimum absolute atomic E-state index is 0.0855. The SMILES string of the molecule is Cc1ccc(C)c(N(CC(=O)N(Cc2ccccc2Cl)C(C)C(=O)NC2CCCC2)S(C)(=O)=O)c1. The Morgan fingerprint density at radius 3 is 2.40 bits per heavy atom. The quantitative estimate of drug-likeness (QED) is 0.538. The third-order valence-electron chi connectivity index (χ3n) is 6.48. The molecule has 1 N–H and O–H groups in total. The zero-order chi connectivity index (χ0) is 25.8. The first kappa shape index (κ1) is 27.0. The minimum Gasteiger partial charge on any atom is -0.352 e. The van der Waals surface area contributed by atoms with Gasteiger partial charge < -0.3 is 10.2 Å². The summed E-state index contributed by atoms with van der Waals surface area (Å²) in [7, 11) is -3.77. The topological polar surface area (TPSA) is 86.8 Å². The van der Waals surface area contributed by atoms with Gasteiger partial charge in [0.25, 0.3) is 0 Å². The van der Waals surface area contributed by atoms with E-state index in [-0.39, 0.29) is 18.5 Å². The van der Waals surface area contributed by atoms with Crippen LogP contribution in [-0.2, 0) is 26.2 Å². The number of carbonyl (C=O) groups excluding carboxylic acids is 2. The summed E-state index contributed by atoms with van der Waals surface area (Å²) in [5, 5.41) is 3.52. The summed E-state index contributed by atoms with van der Waals surface area (Å²) in [4.78, 5) is 28.2. The second-order valence-corrected chi connectivity index (χ2v) is 11.7. The second-order valence-electron chi connectivity index (χ2n) is 9.34. The van der Waals surface area contributed by atoms with Crippen molar-refractivity contribution in [2.75, 3.05) is 17.1 Å². The molecular formula is C26H34ClN3O4S. The molecule has 2 amide bonds. The summed E-state index contributed by atoms with van der Waals surface area (Å²) in [5.41, 5.74) is 2.74. The van der Waals surface area contributed by atoms with E-state index >= 15 is 0 Å². The molecule has 0 aliphatic heterocycles. The molecule has 1 aliphatic rings. The van der Waals surface area contributed by atoms with Crippen LogP contribution in [0, 0.1) is 13.8 Å². The van der Waals surface area contributed by atoms with Crippen molar-refractivity contribution < 1.29 is 18.0 Å². The van der Waals surface area contributed by atoms with Crippen molar-refractivity contribution in [1.82, 2.24) is 10.2 Å². The fourth-order valence-electron chi connectivity index (χ4n) is 4.37. The Kier molecular flexibility index (Phi) is 8.83. The molecule has 0 aromatic heterocycles. The van der Waals surface area contributed by atoms with Crippen molar-refractivity contribution in [3.63, 3.8) is 0 Å². The van der Waals surface area contributed by atoms with Crippen LogP contribution in [0.3, 0.4) is 0 Å². The Morgan fingerprint density at radius 2 is 1.77 bits per heavy atom. The highest BCUT2D eigenvalue weighted by molar-refractivity contribution is 7.92. The maximum Gasteiger partial charge on any atom is 0.244 e. The molecule has 1 fully saturated rings. The lowest BCUT2D eigenvalue weighted by atomic mass is 10.1. The number of carbonyl (C=O) groups is 2. The molecule has 0 radical (unpaired) electrons. The van der Waals surface area contributed by atoms with E-state index in [0.717, 1.165) is 47.4 Å². The van der Waals surface area contributed by atoms with E-state index in [1.54, 1.807) is 38.1 Å². The Morgan fingerprint density at radius 1 is 1.11 bits per heavy atom. The van der Waals surface area contributed by atoms with Crippen molar-refractivity contribution in [2.24, 2.45) is 0 Å². The maximum atomic E-state index is 13.7. The number of benzene rings is 2. The molecular weight excluding hydrogens is 486 g/mol. The number of halogens is 1. The third-order valence-corrected chi connectivity index (χ3v) is 7.98. The molecule has 35 heavy (non-hydrogen) atoms. The van der Waals surface area contributed by atoms with Crippen LogP contribution in [0.25, 0.3) is 0 Å². The minimum atomic E-state index is -3.77. The Balaban J connectivity index is 1.92. The van der Waals surface area contributed by atoms with E-state index in [2.05, 4.69) is 5.32 Å². The number of aryl methyl sites for hydroxylation is 2. The first-order valence-electron chi connectivity index (χ1n) is 11.9. The Hall–Kier alpha value is -2.58. The number of amides is 2. The van der Waals surface area contributed by atoms with Gasteiger partial charge in [-0.2, -0.15) is 0 Å². The fourth-order valence-corrected chi connectivity index (χ4v) is 5.46. The van der Waals surface area contributed by atoms with Crippen LogP contribution in [0.15, 0.2) is 42.5 Å². The van der Waals surface area contributed by atoms with Crippen molar-refractivity contribution >= 4 is 39.1 Å². The van der Waals surface area contributed by atoms with E-state index in [4.69, 9.17) is 11.6 Å². The molecule has 0 heterocycles. The summed E-state index contributed by atoms with van der Waals surface area (Å²) in [6, 6.07) is 11.9. The van der Waals surface area contributed by atoms with Gasteiger partial charge in [0.05, 0.1) is 11.9 Å². The molecule has 7 nitrogen and oxygen atoms in total. The molecule has 0 saturated heterocycles. The molecule has 3 rings (SSSR count). The van der Waals surface area contributed by atoms with Gasteiger partial charge in [-0.15, -0.1) is 0 Å². The second kappa shape index (κ2) is 11.4. The zero-order valence-electron chi connectivity index (χ0n) is 20.8. The summed E-state index contributed by atoms with van der Waals surface area (Å²) in [6.07, 6.45) is 5.06. The molecule has 1 unspecified atom stereocenters. The number of hydrogen-bond donors (Lipinski definition) is 1. The van der Waals surface area contributed by atoms with E-state index in [9.17, 15) is 18.0 Å². The molecule has 2 aromatic rings. The average Bonchev–Trinajstić information content (AvgIpc) is 3.30. The number of hydrogen-bond acceptors (Lipinski definition) is 4. The van der Waals surface area contributed by atoms with Gasteiger partial charge in [-0.1, -0.05) is 54.8 Å². The summed E-state index contributed by atoms with van der Waals surface area (Å²) < 4.78 is 26.6. The van der Waals surface area contributed by atoms with Crippen LogP contribution in [0.5, 0.6) is 0 Å². The molecule has 0 bridgehead atoms. The van der Waals surface area contributed by atoms with Crippen molar-refractivity contribution in [3.05, 3.63) is 64.2 Å². The lowest BCUT2D eigenvalue weighted by molar-refractivity contribution is -0.139. The lowest BCUT2D eigenvalue weighted by Gasteiger charge is -2.32. The monoisotopic (exact) mass is 519 g/mol. The largest absolute Gasteiger partial charge is 0.352 e. The number of nitrogens with zero attached hydrogens (tertiary/aromatic N) is 2. The first-order chi connectivity index (χ1) is 16.5. The van der Waals surface area contributed by atoms with Crippen LogP contribution >= 0.6 is 11.6 Å². The fraction of sp³-hybridized carbons (Fsp3) is 0.462. The molecule has 190 valence electrons. The molecule has 9 heteroatoms. The number of nitrogens with one attached hydrogen (secondary N) is 1. The number of anilines is 1. The zero-order valence-corrected chi connectivity index (χ0v) is 22.3. The number of sulfonamides is 1. The third kappa shape index (κ3) is 6.98. The highest BCUT2D eigenvalue weighted by atomic mass is 35.5. The van der Waals surface area contributed by atoms with Gasteiger partial charge in [-0.05, 0) is 62.4 Å². The lowest BCUT2D eigenvalue weighted by Crippen LogP contribution is -2.52. The van der Waals surface area contributed by atoms with Gasteiger partial charge in [0.15, 0.2) is 0 Å². The Labute approximate surface area is 213 Å². The smallest absolute Gasteiger partial charge is 0.244 e. The van der Waals surface area contributed by atoms with Crippen molar-refractivity contribution in [2.45, 2.75) is 65.1 Å². The van der Waals surface area contributed by atoms with Crippen LogP contribution < -0.4 is 9.62 Å². The van der Waals surface area contributed by atoms with Crippen LogP contribution in [0.2, 0.25) is 5.02 Å². The predicted molar refractivity (Wildman–Crippen MR) is 140 cm³/mol. The van der Waals surface area contributed by atoms with E-state index in [1.807, 2.05) is 25.1 Å². The van der Waals surface area contributed by atoms with E-state index in [1.165, 1.54) is 4.90 Å². The van der Waals surface area contributed by atoms with Gasteiger partial charge in [0, 0.05) is 17.6 Å². The highest BCUT2D eigenvalue weighted by Crippen LogP contribution is 2.25. The van der Waals surface area contributed by atoms with Gasteiger partial charge >= 0.3 is 0 Å². The maximum absolute atomic E-state index is 13.7. The van der Waals surface area contributed by atoms with Crippen molar-refractivity contribution in [1.29, 1.82) is 0 Å². The van der Waals surface area contributed by atoms with Gasteiger partial charge in [0.2, 0.25) is 21.8 Å². The molecule has 0 spiro atoms. The standard InChI is InChI=1S/C26H34ClN3O4S/c1-18-13-14-19(2)24(15-18)30(35(4,33)34)17-25(31)29(16-21-9-5-8-12-23(21)27)20(3)26(32)28-22-10-6-7-11-22/h5,8-9,12-15,20,22H,6-7,10-11,16-17H2,1-4H3,(H,28,32). The van der Waals surface area contributed by atoms with Gasteiger partial charge in [0.1, 0.15) is 12.6 Å². The van der Waals surface area contributed by atoms with Crippen LogP contribution in [0.4, 0.5) is 5.69 Å². The normalized spacial score (nSPS) is 15.0. The van der Waals surface area contributed by atoms with E-state index < -0.39 is 28.5 Å². The average molecular weight is 520 g/mol. The molecule has 1 aliphatic carbocycles. The van der Waals surface area contributed by atoms with Crippen LogP contribution in [-0.4, -0.2) is 50.0 Å². The first-order valence-corrected chi connectivity index (χ1v) is 14.1. The molecule has 1 atom stereocenters. The summed E-state index contributed by atoms with van der Waals surface area (Å²) in [5.74, 6) is -0.736. The molecule has 2 aromatic carbocycles. The van der Waals surface area contributed by atoms with Gasteiger partial charge in [-0.25, -0.2) is 8.42 Å². The molecule has 1 saturated carbocycles. The Bertz CT molecular complexity index is 1180. The predicted octanol–water partition coefficient (Wildman–Crippen LogP) is 4.20. The highest BCUT2D eigenvalue weighted by Gasteiger charge is 2.32. The van der Waals surface area contributed by atoms with Gasteiger partial charge in [-0.3, -0.25) is 13.9 Å². The summed E-state index contributed by atoms with van der Waals surface area (Å²) >= 11 is 6.36. The van der Waals surface area contributed by atoms with E-state index in [0.29, 0.717) is 16.3 Å².